The number of rotatable bonds is 3. The van der Waals surface area contributed by atoms with Gasteiger partial charge >= 0.3 is 0 Å². The Balaban J connectivity index is 2.22. The number of anilines is 1. The molecule has 0 aliphatic rings. The van der Waals surface area contributed by atoms with Crippen LogP contribution in [0, 0.1) is 0 Å². The van der Waals surface area contributed by atoms with Gasteiger partial charge in [0.1, 0.15) is 0 Å². The van der Waals surface area contributed by atoms with E-state index < -0.39 is 0 Å². The molecule has 0 aliphatic carbocycles. The van der Waals surface area contributed by atoms with E-state index in [-0.39, 0.29) is 11.8 Å². The van der Waals surface area contributed by atoms with E-state index in [9.17, 15) is 9.59 Å². The van der Waals surface area contributed by atoms with Crippen LogP contribution in [0.1, 0.15) is 20.0 Å². The van der Waals surface area contributed by atoms with Crippen molar-refractivity contribution in [1.82, 2.24) is 5.32 Å². The lowest BCUT2D eigenvalue weighted by Gasteiger charge is -2.07. The molecule has 0 unspecified atom stereocenters. The predicted molar refractivity (Wildman–Crippen MR) is 77.1 cm³/mol. The predicted octanol–water partition coefficient (Wildman–Crippen LogP) is 3.01. The van der Waals surface area contributed by atoms with Crippen LogP contribution in [0.3, 0.4) is 0 Å². The van der Waals surface area contributed by atoms with Gasteiger partial charge in [0.15, 0.2) is 0 Å². The SMILES string of the molecule is CNC(=O)c1cc(NC(=O)c2cccs2)ccc1Cl. The summed E-state index contributed by atoms with van der Waals surface area (Å²) in [5, 5.41) is 7.39. The summed E-state index contributed by atoms with van der Waals surface area (Å²) in [6.45, 7) is 0. The van der Waals surface area contributed by atoms with Crippen LogP contribution in [0.4, 0.5) is 5.69 Å². The van der Waals surface area contributed by atoms with Gasteiger partial charge in [-0.05, 0) is 29.6 Å². The molecule has 1 heterocycles. The first-order valence-electron chi connectivity index (χ1n) is 5.48. The lowest BCUT2D eigenvalue weighted by atomic mass is 10.2. The number of hydrogen-bond acceptors (Lipinski definition) is 3. The first kappa shape index (κ1) is 13.6. The molecule has 0 spiro atoms. The Labute approximate surface area is 119 Å². The number of nitrogens with one attached hydrogen (secondary N) is 2. The van der Waals surface area contributed by atoms with Crippen LogP contribution in [0.2, 0.25) is 5.02 Å². The summed E-state index contributed by atoms with van der Waals surface area (Å²) in [5.74, 6) is -0.502. The quantitative estimate of drug-likeness (QED) is 0.914. The van der Waals surface area contributed by atoms with Gasteiger partial charge in [-0.2, -0.15) is 0 Å². The third-order valence-corrected chi connectivity index (χ3v) is 3.64. The van der Waals surface area contributed by atoms with Crippen molar-refractivity contribution >= 4 is 40.4 Å². The maximum atomic E-state index is 11.9. The van der Waals surface area contributed by atoms with Gasteiger partial charge in [-0.15, -0.1) is 11.3 Å². The Hall–Kier alpha value is -1.85. The molecule has 1 aromatic carbocycles. The molecular weight excluding hydrogens is 284 g/mol. The fourth-order valence-corrected chi connectivity index (χ4v) is 2.33. The molecule has 98 valence electrons. The molecule has 2 aromatic rings. The fraction of sp³-hybridized carbons (Fsp3) is 0.0769. The summed E-state index contributed by atoms with van der Waals surface area (Å²) >= 11 is 7.29. The molecule has 2 rings (SSSR count). The number of halogens is 1. The molecule has 2 amide bonds. The van der Waals surface area contributed by atoms with E-state index in [4.69, 9.17) is 11.6 Å². The second kappa shape index (κ2) is 5.86. The summed E-state index contributed by atoms with van der Waals surface area (Å²) in [6.07, 6.45) is 0. The minimum atomic E-state index is -0.294. The van der Waals surface area contributed by atoms with E-state index >= 15 is 0 Å². The standard InChI is InChI=1S/C13H11ClN2O2S/c1-15-12(17)9-7-8(4-5-10(9)14)16-13(18)11-3-2-6-19-11/h2-7H,1H3,(H,15,17)(H,16,18). The fourth-order valence-electron chi connectivity index (χ4n) is 1.51. The van der Waals surface area contributed by atoms with E-state index in [2.05, 4.69) is 10.6 Å². The Kier molecular flexibility index (Phi) is 4.19. The average molecular weight is 295 g/mol. The molecule has 0 radical (unpaired) electrons. The van der Waals surface area contributed by atoms with E-state index in [1.807, 2.05) is 5.38 Å². The molecule has 0 saturated carbocycles. The van der Waals surface area contributed by atoms with Crippen molar-refractivity contribution < 1.29 is 9.59 Å². The summed E-state index contributed by atoms with van der Waals surface area (Å²) in [4.78, 5) is 24.1. The molecule has 2 N–H and O–H groups in total. The Morgan fingerprint density at radius 1 is 1.21 bits per heavy atom. The highest BCUT2D eigenvalue weighted by Gasteiger charge is 2.12. The first-order chi connectivity index (χ1) is 9.11. The van der Waals surface area contributed by atoms with Gasteiger partial charge in [0.2, 0.25) is 0 Å². The summed E-state index contributed by atoms with van der Waals surface area (Å²) in [5.41, 5.74) is 0.856. The van der Waals surface area contributed by atoms with E-state index in [1.54, 1.807) is 30.3 Å². The van der Waals surface area contributed by atoms with Crippen LogP contribution in [0.15, 0.2) is 35.7 Å². The minimum absolute atomic E-state index is 0.208. The molecule has 0 bridgehead atoms. The number of carbonyl (C=O) groups is 2. The Morgan fingerprint density at radius 2 is 2.00 bits per heavy atom. The lowest BCUT2D eigenvalue weighted by Crippen LogP contribution is -2.19. The van der Waals surface area contributed by atoms with Crippen molar-refractivity contribution in [2.24, 2.45) is 0 Å². The third kappa shape index (κ3) is 3.13. The highest BCUT2D eigenvalue weighted by molar-refractivity contribution is 7.12. The number of amides is 2. The van der Waals surface area contributed by atoms with Crippen LogP contribution in [-0.4, -0.2) is 18.9 Å². The van der Waals surface area contributed by atoms with E-state index in [0.717, 1.165) is 0 Å². The average Bonchev–Trinajstić information content (AvgIpc) is 2.94. The molecule has 6 heteroatoms. The lowest BCUT2D eigenvalue weighted by molar-refractivity contribution is 0.0961. The van der Waals surface area contributed by atoms with Crippen LogP contribution >= 0.6 is 22.9 Å². The van der Waals surface area contributed by atoms with E-state index in [0.29, 0.717) is 21.2 Å². The maximum Gasteiger partial charge on any atom is 0.265 e. The number of benzene rings is 1. The number of carbonyl (C=O) groups excluding carboxylic acids is 2. The molecule has 0 saturated heterocycles. The van der Waals surface area contributed by atoms with Gasteiger partial charge in [-0.1, -0.05) is 17.7 Å². The molecule has 0 fully saturated rings. The Morgan fingerprint density at radius 3 is 2.63 bits per heavy atom. The zero-order chi connectivity index (χ0) is 13.8. The van der Waals surface area contributed by atoms with E-state index in [1.165, 1.54) is 18.4 Å². The highest BCUT2D eigenvalue weighted by atomic mass is 35.5. The summed E-state index contributed by atoms with van der Waals surface area (Å²) < 4.78 is 0. The van der Waals surface area contributed by atoms with Crippen LogP contribution < -0.4 is 10.6 Å². The van der Waals surface area contributed by atoms with Gasteiger partial charge < -0.3 is 10.6 Å². The smallest absolute Gasteiger partial charge is 0.265 e. The van der Waals surface area contributed by atoms with Crippen LogP contribution in [-0.2, 0) is 0 Å². The second-order valence-electron chi connectivity index (χ2n) is 3.71. The minimum Gasteiger partial charge on any atom is -0.355 e. The molecule has 0 aliphatic heterocycles. The van der Waals surface area contributed by atoms with Gasteiger partial charge in [0.25, 0.3) is 11.8 Å². The highest BCUT2D eigenvalue weighted by Crippen LogP contribution is 2.21. The normalized spacial score (nSPS) is 10.0. The molecule has 1 aromatic heterocycles. The van der Waals surface area contributed by atoms with Gasteiger partial charge in [0, 0.05) is 12.7 Å². The Bertz CT molecular complexity index is 611. The number of thiophene rings is 1. The van der Waals surface area contributed by atoms with Crippen molar-refractivity contribution in [1.29, 1.82) is 0 Å². The van der Waals surface area contributed by atoms with Crippen LogP contribution in [0.25, 0.3) is 0 Å². The van der Waals surface area contributed by atoms with Crippen molar-refractivity contribution in [2.45, 2.75) is 0 Å². The molecular formula is C13H11ClN2O2S. The molecule has 0 atom stereocenters. The van der Waals surface area contributed by atoms with Gasteiger partial charge in [-0.25, -0.2) is 0 Å². The van der Waals surface area contributed by atoms with Gasteiger partial charge in [-0.3, -0.25) is 9.59 Å². The van der Waals surface area contributed by atoms with Crippen LogP contribution in [0.5, 0.6) is 0 Å². The topological polar surface area (TPSA) is 58.2 Å². The van der Waals surface area contributed by atoms with Crippen molar-refractivity contribution in [3.05, 3.63) is 51.2 Å². The van der Waals surface area contributed by atoms with Gasteiger partial charge in [0.05, 0.1) is 15.5 Å². The zero-order valence-corrected chi connectivity index (χ0v) is 11.6. The van der Waals surface area contributed by atoms with Crippen molar-refractivity contribution in [2.75, 3.05) is 12.4 Å². The monoisotopic (exact) mass is 294 g/mol. The summed E-state index contributed by atoms with van der Waals surface area (Å²) in [6, 6.07) is 8.32. The number of hydrogen-bond donors (Lipinski definition) is 2. The largest absolute Gasteiger partial charge is 0.355 e. The molecule has 19 heavy (non-hydrogen) atoms. The zero-order valence-electron chi connectivity index (χ0n) is 10.1. The second-order valence-corrected chi connectivity index (χ2v) is 5.06. The first-order valence-corrected chi connectivity index (χ1v) is 6.74. The van der Waals surface area contributed by atoms with Crippen molar-refractivity contribution in [3.63, 3.8) is 0 Å². The third-order valence-electron chi connectivity index (χ3n) is 2.44. The molecule has 4 nitrogen and oxygen atoms in total. The van der Waals surface area contributed by atoms with Crippen molar-refractivity contribution in [3.8, 4) is 0 Å². The summed E-state index contributed by atoms with van der Waals surface area (Å²) in [7, 11) is 1.52. The maximum absolute atomic E-state index is 11.9.